The number of carbonyl (C=O) groups is 2. The molecule has 0 spiro atoms. The number of hydrogen-bond acceptors (Lipinski definition) is 5. The van der Waals surface area contributed by atoms with Crippen LogP contribution in [0.25, 0.3) is 0 Å². The van der Waals surface area contributed by atoms with Crippen LogP contribution in [0.1, 0.15) is 6.42 Å². The summed E-state index contributed by atoms with van der Waals surface area (Å²) < 4.78 is 14.9. The highest BCUT2D eigenvalue weighted by Crippen LogP contribution is 2.20. The van der Waals surface area contributed by atoms with E-state index in [1.807, 2.05) is 0 Å². The summed E-state index contributed by atoms with van der Waals surface area (Å²) in [5.41, 5.74) is 0. The summed E-state index contributed by atoms with van der Waals surface area (Å²) >= 11 is 0. The van der Waals surface area contributed by atoms with Crippen molar-refractivity contribution in [2.75, 3.05) is 33.4 Å². The predicted molar refractivity (Wildman–Crippen MR) is 56.7 cm³/mol. The highest BCUT2D eigenvalue weighted by Gasteiger charge is 2.33. The minimum Gasteiger partial charge on any atom is -0.494 e. The van der Waals surface area contributed by atoms with Gasteiger partial charge in [-0.05, 0) is 6.42 Å². The van der Waals surface area contributed by atoms with Crippen molar-refractivity contribution in [2.45, 2.75) is 6.42 Å². The van der Waals surface area contributed by atoms with Crippen LogP contribution in [0.3, 0.4) is 0 Å². The molecule has 2 aliphatic heterocycles. The van der Waals surface area contributed by atoms with Gasteiger partial charge in [-0.25, -0.2) is 0 Å². The third kappa shape index (κ3) is 2.51. The first-order valence-corrected chi connectivity index (χ1v) is 5.54. The van der Waals surface area contributed by atoms with Gasteiger partial charge in [0.2, 0.25) is 5.76 Å². The molecule has 6 heteroatoms. The second-order valence-corrected chi connectivity index (χ2v) is 3.96. The summed E-state index contributed by atoms with van der Waals surface area (Å²) in [6.45, 7) is 1.76. The molecule has 17 heavy (non-hydrogen) atoms. The molecule has 0 aromatic carbocycles. The molecule has 6 nitrogen and oxygen atoms in total. The fourth-order valence-corrected chi connectivity index (χ4v) is 1.94. The van der Waals surface area contributed by atoms with Crippen LogP contribution in [-0.4, -0.2) is 50.2 Å². The van der Waals surface area contributed by atoms with Gasteiger partial charge in [-0.2, -0.15) is 0 Å². The number of methoxy groups -OCH3 is 1. The number of carbonyl (C=O) groups excluding carboxylic acids is 2. The zero-order chi connectivity index (χ0) is 12.3. The molecule has 0 aliphatic carbocycles. The molecule has 0 N–H and O–H groups in total. The Bertz CT molecular complexity index is 352. The van der Waals surface area contributed by atoms with E-state index in [0.29, 0.717) is 32.7 Å². The summed E-state index contributed by atoms with van der Waals surface area (Å²) in [6.07, 6.45) is 1.96. The summed E-state index contributed by atoms with van der Waals surface area (Å²) in [5.74, 6) is -0.512. The zero-order valence-corrected chi connectivity index (χ0v) is 9.68. The maximum Gasteiger partial charge on any atom is 0.310 e. The molecular formula is C11H15NO5. The number of esters is 1. The van der Waals surface area contributed by atoms with Crippen molar-refractivity contribution >= 4 is 11.9 Å². The third-order valence-electron chi connectivity index (χ3n) is 2.87. The molecule has 1 amide bonds. The molecule has 0 aromatic rings. The van der Waals surface area contributed by atoms with Gasteiger partial charge >= 0.3 is 5.97 Å². The van der Waals surface area contributed by atoms with E-state index in [-0.39, 0.29) is 23.6 Å². The Balaban J connectivity index is 1.94. The summed E-state index contributed by atoms with van der Waals surface area (Å²) in [7, 11) is 1.35. The minimum absolute atomic E-state index is 0.210. The van der Waals surface area contributed by atoms with Crippen LogP contribution in [0.15, 0.2) is 12.0 Å². The molecule has 0 bridgehead atoms. The van der Waals surface area contributed by atoms with Gasteiger partial charge in [-0.3, -0.25) is 9.59 Å². The average Bonchev–Trinajstić information content (AvgIpc) is 2.87. The molecular weight excluding hydrogens is 226 g/mol. The number of nitrogens with zero attached hydrogens (tertiary/aromatic N) is 1. The van der Waals surface area contributed by atoms with Crippen molar-refractivity contribution in [3.63, 3.8) is 0 Å². The number of likely N-dealkylation sites (tertiary alicyclic amines) is 1. The van der Waals surface area contributed by atoms with Gasteiger partial charge in [0.1, 0.15) is 19.5 Å². The minimum atomic E-state index is -0.268. The van der Waals surface area contributed by atoms with Crippen LogP contribution in [0.2, 0.25) is 0 Å². The van der Waals surface area contributed by atoms with Crippen molar-refractivity contribution in [1.29, 1.82) is 0 Å². The zero-order valence-electron chi connectivity index (χ0n) is 9.68. The predicted octanol–water partition coefficient (Wildman–Crippen LogP) is -0.104. The lowest BCUT2D eigenvalue weighted by Crippen LogP contribution is -2.33. The maximum atomic E-state index is 12.0. The van der Waals surface area contributed by atoms with E-state index in [4.69, 9.17) is 9.47 Å². The quantitative estimate of drug-likeness (QED) is 0.631. The Morgan fingerprint density at radius 1 is 1.47 bits per heavy atom. The van der Waals surface area contributed by atoms with Gasteiger partial charge in [-0.15, -0.1) is 0 Å². The van der Waals surface area contributed by atoms with Gasteiger partial charge in [0.05, 0.1) is 13.0 Å². The van der Waals surface area contributed by atoms with Gasteiger partial charge in [0.15, 0.2) is 0 Å². The molecule has 1 unspecified atom stereocenters. The highest BCUT2D eigenvalue weighted by atomic mass is 16.6. The second kappa shape index (κ2) is 5.07. The molecule has 1 atom stereocenters. The molecule has 2 rings (SSSR count). The molecule has 2 aliphatic rings. The Morgan fingerprint density at radius 3 is 2.94 bits per heavy atom. The Morgan fingerprint density at radius 2 is 2.29 bits per heavy atom. The summed E-state index contributed by atoms with van der Waals surface area (Å²) in [5, 5.41) is 0. The van der Waals surface area contributed by atoms with E-state index >= 15 is 0 Å². The standard InChI is InChI=1S/C11H15NO5/c1-15-11(14)8-2-3-12(6-8)10(13)9-7-16-4-5-17-9/h7-8H,2-6H2,1H3. The highest BCUT2D eigenvalue weighted by molar-refractivity contribution is 5.92. The van der Waals surface area contributed by atoms with Crippen LogP contribution >= 0.6 is 0 Å². The van der Waals surface area contributed by atoms with Crippen molar-refractivity contribution < 1.29 is 23.8 Å². The first-order chi connectivity index (χ1) is 8.22. The van der Waals surface area contributed by atoms with Gasteiger partial charge in [-0.1, -0.05) is 0 Å². The van der Waals surface area contributed by atoms with Gasteiger partial charge in [0, 0.05) is 13.1 Å². The van der Waals surface area contributed by atoms with Crippen molar-refractivity contribution in [3.05, 3.63) is 12.0 Å². The van der Waals surface area contributed by atoms with Crippen LogP contribution in [0.5, 0.6) is 0 Å². The van der Waals surface area contributed by atoms with E-state index in [9.17, 15) is 9.59 Å². The average molecular weight is 241 g/mol. The molecule has 1 fully saturated rings. The van der Waals surface area contributed by atoms with E-state index in [0.717, 1.165) is 0 Å². The van der Waals surface area contributed by atoms with Crippen molar-refractivity contribution in [1.82, 2.24) is 4.90 Å². The SMILES string of the molecule is COC(=O)C1CCN(C(=O)C2=COCCO2)C1. The smallest absolute Gasteiger partial charge is 0.310 e. The van der Waals surface area contributed by atoms with Gasteiger partial charge in [0.25, 0.3) is 5.91 Å². The number of ether oxygens (including phenoxy) is 3. The first kappa shape index (κ1) is 11.8. The summed E-state index contributed by atoms with van der Waals surface area (Å²) in [4.78, 5) is 24.9. The van der Waals surface area contributed by atoms with Crippen LogP contribution in [-0.2, 0) is 23.8 Å². The number of rotatable bonds is 2. The number of hydrogen-bond donors (Lipinski definition) is 0. The van der Waals surface area contributed by atoms with Crippen LogP contribution in [0, 0.1) is 5.92 Å². The summed E-state index contributed by atoms with van der Waals surface area (Å²) in [6, 6.07) is 0. The fraction of sp³-hybridized carbons (Fsp3) is 0.636. The third-order valence-corrected chi connectivity index (χ3v) is 2.87. The molecule has 0 radical (unpaired) electrons. The fourth-order valence-electron chi connectivity index (χ4n) is 1.94. The van der Waals surface area contributed by atoms with Crippen molar-refractivity contribution in [3.8, 4) is 0 Å². The Hall–Kier alpha value is -1.72. The normalized spacial score (nSPS) is 23.5. The molecule has 2 heterocycles. The van der Waals surface area contributed by atoms with Gasteiger partial charge < -0.3 is 19.1 Å². The number of amides is 1. The lowest BCUT2D eigenvalue weighted by molar-refractivity contribution is -0.145. The van der Waals surface area contributed by atoms with Crippen LogP contribution < -0.4 is 0 Å². The molecule has 94 valence electrons. The van der Waals surface area contributed by atoms with Crippen molar-refractivity contribution in [2.24, 2.45) is 5.92 Å². The maximum absolute atomic E-state index is 12.0. The molecule has 0 aromatic heterocycles. The Kier molecular flexibility index (Phi) is 3.51. The topological polar surface area (TPSA) is 65.1 Å². The van der Waals surface area contributed by atoms with Crippen LogP contribution in [0.4, 0.5) is 0 Å². The second-order valence-electron chi connectivity index (χ2n) is 3.96. The first-order valence-electron chi connectivity index (χ1n) is 5.54. The van der Waals surface area contributed by atoms with E-state index in [1.165, 1.54) is 13.4 Å². The lowest BCUT2D eigenvalue weighted by atomic mass is 10.1. The van der Waals surface area contributed by atoms with E-state index < -0.39 is 0 Å². The monoisotopic (exact) mass is 241 g/mol. The molecule has 0 saturated carbocycles. The lowest BCUT2D eigenvalue weighted by Gasteiger charge is -2.20. The Labute approximate surface area is 99.1 Å². The van der Waals surface area contributed by atoms with E-state index in [2.05, 4.69) is 4.74 Å². The van der Waals surface area contributed by atoms with E-state index in [1.54, 1.807) is 4.90 Å². The molecule has 1 saturated heterocycles. The largest absolute Gasteiger partial charge is 0.494 e.